The number of fused-ring (bicyclic) bond motifs is 1. The third kappa shape index (κ3) is 2.60. The second-order valence-electron chi connectivity index (χ2n) is 6.11. The highest BCUT2D eigenvalue weighted by Crippen LogP contribution is 2.31. The van der Waals surface area contributed by atoms with Crippen molar-refractivity contribution in [1.29, 1.82) is 0 Å². The summed E-state index contributed by atoms with van der Waals surface area (Å²) in [5, 5.41) is 1.46. The van der Waals surface area contributed by atoms with Crippen LogP contribution in [0.25, 0.3) is 21.3 Å². The first-order valence-corrected chi connectivity index (χ1v) is 8.43. The molecular weight excluding hydrogens is 274 g/mol. The van der Waals surface area contributed by atoms with E-state index in [1.54, 1.807) is 0 Å². The molecule has 0 atom stereocenters. The van der Waals surface area contributed by atoms with E-state index in [1.165, 1.54) is 26.4 Å². The highest BCUT2D eigenvalue weighted by atomic mass is 32.1. The maximum absolute atomic E-state index is 2.49. The second-order valence-corrected chi connectivity index (χ2v) is 7.17. The van der Waals surface area contributed by atoms with Crippen LogP contribution in [0.5, 0.6) is 0 Å². The van der Waals surface area contributed by atoms with Crippen LogP contribution in [0.1, 0.15) is 44.7 Å². The molecule has 0 spiro atoms. The lowest BCUT2D eigenvalue weighted by Gasteiger charge is -2.05. The Morgan fingerprint density at radius 3 is 2.19 bits per heavy atom. The van der Waals surface area contributed by atoms with E-state index >= 15 is 0 Å². The fourth-order valence-electron chi connectivity index (χ4n) is 2.81. The van der Waals surface area contributed by atoms with Crippen molar-refractivity contribution in [2.45, 2.75) is 39.7 Å². The summed E-state index contributed by atoms with van der Waals surface area (Å²) in [6.07, 6.45) is 0. The predicted octanol–water partition coefficient (Wildman–Crippen LogP) is 5.56. The lowest BCUT2D eigenvalue weighted by atomic mass is 10.1. The average Bonchev–Trinajstić information content (AvgIpc) is 2.87. The van der Waals surface area contributed by atoms with E-state index in [0.29, 0.717) is 12.0 Å². The van der Waals surface area contributed by atoms with Crippen LogP contribution in [0.3, 0.4) is 0 Å². The summed E-state index contributed by atoms with van der Waals surface area (Å²) in [6.45, 7) is 9.09. The lowest BCUT2D eigenvalue weighted by Crippen LogP contribution is -2.39. The highest BCUT2D eigenvalue weighted by molar-refractivity contribution is 7.18. The molecule has 0 amide bonds. The van der Waals surface area contributed by atoms with E-state index in [0.717, 1.165) is 0 Å². The number of hydrogen-bond acceptors (Lipinski definition) is 1. The number of benzene rings is 2. The van der Waals surface area contributed by atoms with E-state index in [9.17, 15) is 0 Å². The van der Waals surface area contributed by atoms with E-state index in [2.05, 4.69) is 80.8 Å². The minimum absolute atomic E-state index is 0.499. The van der Waals surface area contributed by atoms with Gasteiger partial charge in [-0.2, -0.15) is 4.57 Å². The zero-order valence-corrected chi connectivity index (χ0v) is 13.9. The van der Waals surface area contributed by atoms with Crippen molar-refractivity contribution in [3.05, 3.63) is 53.5 Å². The molecule has 0 aliphatic heterocycles. The van der Waals surface area contributed by atoms with E-state index in [1.807, 2.05) is 11.3 Å². The Balaban J connectivity index is 2.19. The van der Waals surface area contributed by atoms with Crippen molar-refractivity contribution in [2.24, 2.45) is 0 Å². The van der Waals surface area contributed by atoms with E-state index < -0.39 is 0 Å². The van der Waals surface area contributed by atoms with Gasteiger partial charge in [-0.15, -0.1) is 0 Å². The summed E-state index contributed by atoms with van der Waals surface area (Å²) in [6, 6.07) is 18.0. The molecule has 1 aromatic heterocycles. The van der Waals surface area contributed by atoms with Crippen LogP contribution in [0, 0.1) is 0 Å². The van der Waals surface area contributed by atoms with E-state index in [-0.39, 0.29) is 0 Å². The molecular formula is C19H22NS+. The first kappa shape index (κ1) is 14.3. The van der Waals surface area contributed by atoms with E-state index in [4.69, 9.17) is 0 Å². The van der Waals surface area contributed by atoms with Gasteiger partial charge in [0.15, 0.2) is 6.04 Å². The lowest BCUT2D eigenvalue weighted by molar-refractivity contribution is -0.695. The maximum Gasteiger partial charge on any atom is 0.241 e. The van der Waals surface area contributed by atoms with Gasteiger partial charge in [-0.3, -0.25) is 0 Å². The van der Waals surface area contributed by atoms with Gasteiger partial charge in [-0.05, 0) is 37.1 Å². The van der Waals surface area contributed by atoms with Gasteiger partial charge in [0.25, 0.3) is 0 Å². The summed E-state index contributed by atoms with van der Waals surface area (Å²) < 4.78 is 3.87. The van der Waals surface area contributed by atoms with Crippen LogP contribution < -0.4 is 4.57 Å². The van der Waals surface area contributed by atoms with Crippen LogP contribution in [-0.2, 0) is 0 Å². The molecule has 0 fully saturated rings. The number of aromatic nitrogens is 1. The average molecular weight is 296 g/mol. The largest absolute Gasteiger partial charge is 0.241 e. The Bertz CT molecular complexity index is 754. The van der Waals surface area contributed by atoms with Gasteiger partial charge in [-0.1, -0.05) is 55.5 Å². The molecule has 0 aliphatic rings. The van der Waals surface area contributed by atoms with Gasteiger partial charge in [0.1, 0.15) is 4.70 Å². The molecule has 3 aromatic rings. The second kappa shape index (κ2) is 5.61. The SMILES string of the molecule is CC(C)c1sc2cc(-c3ccccc3)ccc2[n+]1C(C)C. The van der Waals surface area contributed by atoms with Crippen LogP contribution in [0.4, 0.5) is 0 Å². The molecule has 0 radical (unpaired) electrons. The highest BCUT2D eigenvalue weighted by Gasteiger charge is 2.25. The minimum Gasteiger partial charge on any atom is -0.184 e. The molecule has 0 unspecified atom stereocenters. The molecule has 1 nitrogen and oxygen atoms in total. The number of nitrogens with zero attached hydrogens (tertiary/aromatic N) is 1. The minimum atomic E-state index is 0.499. The fraction of sp³-hybridized carbons (Fsp3) is 0.316. The van der Waals surface area contributed by atoms with Crippen molar-refractivity contribution in [2.75, 3.05) is 0 Å². The Hall–Kier alpha value is -1.67. The smallest absolute Gasteiger partial charge is 0.184 e. The number of hydrogen-bond donors (Lipinski definition) is 0. The molecule has 3 rings (SSSR count). The summed E-state index contributed by atoms with van der Waals surface area (Å²) in [5.41, 5.74) is 3.95. The van der Waals surface area contributed by atoms with Crippen LogP contribution in [0.15, 0.2) is 48.5 Å². The van der Waals surface area contributed by atoms with Crippen molar-refractivity contribution < 1.29 is 4.57 Å². The third-order valence-corrected chi connectivity index (χ3v) is 5.21. The van der Waals surface area contributed by atoms with Crippen LogP contribution in [0.2, 0.25) is 0 Å². The molecule has 0 bridgehead atoms. The topological polar surface area (TPSA) is 3.88 Å². The van der Waals surface area contributed by atoms with Gasteiger partial charge in [0.05, 0.1) is 0 Å². The number of thiazole rings is 1. The Labute approximate surface area is 130 Å². The standard InChI is InChI=1S/C19H22NS/c1-13(2)19-20(14(3)4)17-11-10-16(12-18(17)21-19)15-8-6-5-7-9-15/h5-14H,1-4H3/q+1. The van der Waals surface area contributed by atoms with Gasteiger partial charge < -0.3 is 0 Å². The predicted molar refractivity (Wildman–Crippen MR) is 91.9 cm³/mol. The van der Waals surface area contributed by atoms with Crippen LogP contribution in [-0.4, -0.2) is 0 Å². The zero-order valence-electron chi connectivity index (χ0n) is 13.1. The van der Waals surface area contributed by atoms with Gasteiger partial charge in [0, 0.05) is 12.0 Å². The summed E-state index contributed by atoms with van der Waals surface area (Å²) in [7, 11) is 0. The summed E-state index contributed by atoms with van der Waals surface area (Å²) in [5.74, 6) is 0.560. The zero-order chi connectivity index (χ0) is 15.0. The van der Waals surface area contributed by atoms with Gasteiger partial charge in [0.2, 0.25) is 10.5 Å². The first-order chi connectivity index (χ1) is 10.1. The molecule has 2 aromatic carbocycles. The molecule has 0 saturated heterocycles. The molecule has 21 heavy (non-hydrogen) atoms. The molecule has 0 N–H and O–H groups in total. The Kier molecular flexibility index (Phi) is 3.81. The van der Waals surface area contributed by atoms with Crippen molar-refractivity contribution in [3.63, 3.8) is 0 Å². The van der Waals surface area contributed by atoms with Gasteiger partial charge >= 0.3 is 0 Å². The van der Waals surface area contributed by atoms with Crippen molar-refractivity contribution in [1.82, 2.24) is 0 Å². The molecule has 108 valence electrons. The first-order valence-electron chi connectivity index (χ1n) is 7.61. The Morgan fingerprint density at radius 2 is 1.57 bits per heavy atom. The third-order valence-electron chi connectivity index (χ3n) is 3.79. The van der Waals surface area contributed by atoms with Gasteiger partial charge in [-0.25, -0.2) is 0 Å². The summed E-state index contributed by atoms with van der Waals surface area (Å²) in [4.78, 5) is 0. The quantitative estimate of drug-likeness (QED) is 0.557. The Morgan fingerprint density at radius 1 is 0.857 bits per heavy atom. The molecule has 2 heteroatoms. The molecule has 0 aliphatic carbocycles. The molecule has 0 saturated carbocycles. The fourth-order valence-corrected chi connectivity index (χ4v) is 4.14. The molecule has 1 heterocycles. The maximum atomic E-state index is 2.49. The normalized spacial score (nSPS) is 11.7. The van der Waals surface area contributed by atoms with Crippen molar-refractivity contribution in [3.8, 4) is 11.1 Å². The monoisotopic (exact) mass is 296 g/mol. The van der Waals surface area contributed by atoms with Crippen LogP contribution >= 0.6 is 11.3 Å². The number of rotatable bonds is 3. The summed E-state index contributed by atoms with van der Waals surface area (Å²) >= 11 is 1.93. The van der Waals surface area contributed by atoms with Crippen molar-refractivity contribution >= 4 is 21.6 Å².